The van der Waals surface area contributed by atoms with Crippen LogP contribution in [0.2, 0.25) is 0 Å². The second kappa shape index (κ2) is 6.53. The number of nitrogens with one attached hydrogen (secondary N) is 1. The van der Waals surface area contributed by atoms with Crippen molar-refractivity contribution in [3.8, 4) is 17.0 Å². The quantitative estimate of drug-likeness (QED) is 0.894. The van der Waals surface area contributed by atoms with Crippen molar-refractivity contribution in [1.82, 2.24) is 4.98 Å². The zero-order valence-corrected chi connectivity index (χ0v) is 14.3. The van der Waals surface area contributed by atoms with Crippen LogP contribution in [0.4, 0.5) is 5.13 Å². The molecule has 24 heavy (non-hydrogen) atoms. The van der Waals surface area contributed by atoms with E-state index in [2.05, 4.69) is 16.4 Å². The Morgan fingerprint density at radius 2 is 2.33 bits per heavy atom. The number of anilines is 1. The molecular weight excluding hydrogens is 322 g/mol. The van der Waals surface area contributed by atoms with Crippen molar-refractivity contribution in [3.63, 3.8) is 0 Å². The van der Waals surface area contributed by atoms with Gasteiger partial charge in [0, 0.05) is 23.3 Å². The minimum atomic E-state index is 0.0273. The van der Waals surface area contributed by atoms with Gasteiger partial charge in [-0.05, 0) is 49.1 Å². The molecule has 1 saturated carbocycles. The number of amides is 1. The standard InChI is InChI=1S/C18H21N3O2S/c19-9-13-2-1-3-14(13)17(22)21-18-20-15(10-24-18)11-4-5-16-12(8-11)6-7-23-16/h4-5,8,10,13-14H,1-3,6-7,9,19H2,(H,20,21,22)/t13-,14-/m1/s1. The van der Waals surface area contributed by atoms with Crippen molar-refractivity contribution in [2.24, 2.45) is 17.6 Å². The van der Waals surface area contributed by atoms with Crippen molar-refractivity contribution >= 4 is 22.4 Å². The Hall–Kier alpha value is -1.92. The molecule has 0 unspecified atom stereocenters. The number of thiazole rings is 1. The van der Waals surface area contributed by atoms with Gasteiger partial charge in [-0.1, -0.05) is 6.42 Å². The normalized spacial score (nSPS) is 22.2. The molecule has 6 heteroatoms. The summed E-state index contributed by atoms with van der Waals surface area (Å²) < 4.78 is 5.54. The van der Waals surface area contributed by atoms with E-state index in [1.807, 2.05) is 17.5 Å². The van der Waals surface area contributed by atoms with Gasteiger partial charge in [-0.25, -0.2) is 4.98 Å². The molecule has 0 bridgehead atoms. The Balaban J connectivity index is 1.48. The predicted octanol–water partition coefficient (Wildman–Crippen LogP) is 3.06. The fourth-order valence-electron chi connectivity index (χ4n) is 3.67. The summed E-state index contributed by atoms with van der Waals surface area (Å²) in [4.78, 5) is 17.0. The third-order valence-electron chi connectivity index (χ3n) is 5.02. The van der Waals surface area contributed by atoms with Gasteiger partial charge in [0.05, 0.1) is 12.3 Å². The van der Waals surface area contributed by atoms with Crippen LogP contribution in [0.15, 0.2) is 23.6 Å². The van der Waals surface area contributed by atoms with E-state index in [-0.39, 0.29) is 11.8 Å². The van der Waals surface area contributed by atoms with Crippen LogP contribution < -0.4 is 15.8 Å². The third kappa shape index (κ3) is 2.91. The molecule has 1 aliphatic carbocycles. The zero-order valence-electron chi connectivity index (χ0n) is 13.5. The lowest BCUT2D eigenvalue weighted by atomic mass is 9.95. The Morgan fingerprint density at radius 1 is 1.42 bits per heavy atom. The Kier molecular flexibility index (Phi) is 4.24. The molecule has 1 fully saturated rings. The maximum Gasteiger partial charge on any atom is 0.229 e. The summed E-state index contributed by atoms with van der Waals surface area (Å²) in [6, 6.07) is 6.15. The summed E-state index contributed by atoms with van der Waals surface area (Å²) in [6.45, 7) is 1.33. The van der Waals surface area contributed by atoms with E-state index < -0.39 is 0 Å². The number of carbonyl (C=O) groups is 1. The molecule has 2 aromatic rings. The summed E-state index contributed by atoms with van der Waals surface area (Å²) in [5.74, 6) is 1.36. The number of rotatable bonds is 4. The molecule has 1 aromatic heterocycles. The molecule has 2 atom stereocenters. The van der Waals surface area contributed by atoms with Crippen LogP contribution in [0.5, 0.6) is 5.75 Å². The summed E-state index contributed by atoms with van der Waals surface area (Å²) in [5, 5.41) is 5.63. The molecule has 5 nitrogen and oxygen atoms in total. The maximum atomic E-state index is 12.5. The highest BCUT2D eigenvalue weighted by molar-refractivity contribution is 7.14. The first-order chi connectivity index (χ1) is 11.7. The number of ether oxygens (including phenoxy) is 1. The van der Waals surface area contributed by atoms with E-state index >= 15 is 0 Å². The van der Waals surface area contributed by atoms with Gasteiger partial charge in [0.25, 0.3) is 0 Å². The molecule has 2 aliphatic rings. The van der Waals surface area contributed by atoms with Crippen LogP contribution in [-0.2, 0) is 11.2 Å². The number of nitrogens with two attached hydrogens (primary N) is 1. The monoisotopic (exact) mass is 343 g/mol. The average molecular weight is 343 g/mol. The van der Waals surface area contributed by atoms with E-state index in [9.17, 15) is 4.79 Å². The van der Waals surface area contributed by atoms with Crippen molar-refractivity contribution in [2.45, 2.75) is 25.7 Å². The Morgan fingerprint density at radius 3 is 3.21 bits per heavy atom. The molecule has 2 heterocycles. The van der Waals surface area contributed by atoms with E-state index in [4.69, 9.17) is 10.5 Å². The van der Waals surface area contributed by atoms with E-state index in [1.165, 1.54) is 16.9 Å². The summed E-state index contributed by atoms with van der Waals surface area (Å²) in [6.07, 6.45) is 4.00. The van der Waals surface area contributed by atoms with Crippen LogP contribution >= 0.6 is 11.3 Å². The smallest absolute Gasteiger partial charge is 0.229 e. The molecule has 0 spiro atoms. The molecule has 1 aliphatic heterocycles. The van der Waals surface area contributed by atoms with Crippen LogP contribution in [0.3, 0.4) is 0 Å². The van der Waals surface area contributed by atoms with Gasteiger partial charge in [-0.2, -0.15) is 0 Å². The summed E-state index contributed by atoms with van der Waals surface area (Å²) in [7, 11) is 0. The van der Waals surface area contributed by atoms with E-state index in [0.29, 0.717) is 17.6 Å². The molecular formula is C18H21N3O2S. The first kappa shape index (κ1) is 15.6. The zero-order chi connectivity index (χ0) is 16.5. The fraction of sp³-hybridized carbons (Fsp3) is 0.444. The number of nitrogens with zero attached hydrogens (tertiary/aromatic N) is 1. The molecule has 4 rings (SSSR count). The average Bonchev–Trinajstić information content (AvgIpc) is 3.33. The molecule has 1 aromatic carbocycles. The lowest BCUT2D eigenvalue weighted by Gasteiger charge is -2.16. The fourth-order valence-corrected chi connectivity index (χ4v) is 4.39. The summed E-state index contributed by atoms with van der Waals surface area (Å²) in [5.41, 5.74) is 8.96. The van der Waals surface area contributed by atoms with Crippen molar-refractivity contribution in [1.29, 1.82) is 0 Å². The second-order valence-corrected chi connectivity index (χ2v) is 7.34. The van der Waals surface area contributed by atoms with E-state index in [0.717, 1.165) is 49.3 Å². The number of hydrogen-bond donors (Lipinski definition) is 2. The lowest BCUT2D eigenvalue weighted by Crippen LogP contribution is -2.29. The highest BCUT2D eigenvalue weighted by Gasteiger charge is 2.32. The van der Waals surface area contributed by atoms with Crippen molar-refractivity contribution < 1.29 is 9.53 Å². The number of aromatic nitrogens is 1. The molecule has 1 amide bonds. The molecule has 3 N–H and O–H groups in total. The Labute approximate surface area is 145 Å². The van der Waals surface area contributed by atoms with Crippen LogP contribution in [-0.4, -0.2) is 24.0 Å². The Bertz CT molecular complexity index is 758. The van der Waals surface area contributed by atoms with Crippen LogP contribution in [0.1, 0.15) is 24.8 Å². The van der Waals surface area contributed by atoms with Gasteiger partial charge in [0.1, 0.15) is 5.75 Å². The van der Waals surface area contributed by atoms with Crippen molar-refractivity contribution in [2.75, 3.05) is 18.5 Å². The number of fused-ring (bicyclic) bond motifs is 1. The maximum absolute atomic E-state index is 12.5. The molecule has 0 saturated heterocycles. The first-order valence-electron chi connectivity index (χ1n) is 8.47. The highest BCUT2D eigenvalue weighted by Crippen LogP contribution is 2.34. The third-order valence-corrected chi connectivity index (χ3v) is 5.78. The lowest BCUT2D eigenvalue weighted by molar-refractivity contribution is -0.120. The van der Waals surface area contributed by atoms with Gasteiger partial charge in [0.2, 0.25) is 5.91 Å². The first-order valence-corrected chi connectivity index (χ1v) is 9.35. The van der Waals surface area contributed by atoms with Gasteiger partial charge in [-0.3, -0.25) is 4.79 Å². The largest absolute Gasteiger partial charge is 0.493 e. The number of carbonyl (C=O) groups excluding carboxylic acids is 1. The number of benzene rings is 1. The molecule has 0 radical (unpaired) electrons. The SMILES string of the molecule is NC[C@H]1CCC[C@H]1C(=O)Nc1nc(-c2ccc3c(c2)CCO3)cs1. The van der Waals surface area contributed by atoms with Gasteiger partial charge < -0.3 is 15.8 Å². The van der Waals surface area contributed by atoms with Crippen LogP contribution in [0.25, 0.3) is 11.3 Å². The predicted molar refractivity (Wildman–Crippen MR) is 95.3 cm³/mol. The molecule has 126 valence electrons. The van der Waals surface area contributed by atoms with Gasteiger partial charge in [0.15, 0.2) is 5.13 Å². The topological polar surface area (TPSA) is 77.2 Å². The summed E-state index contributed by atoms with van der Waals surface area (Å²) >= 11 is 1.47. The number of hydrogen-bond acceptors (Lipinski definition) is 5. The second-order valence-electron chi connectivity index (χ2n) is 6.48. The minimum absolute atomic E-state index is 0.0273. The van der Waals surface area contributed by atoms with E-state index in [1.54, 1.807) is 0 Å². The van der Waals surface area contributed by atoms with Crippen molar-refractivity contribution in [3.05, 3.63) is 29.1 Å². The van der Waals surface area contributed by atoms with Gasteiger partial charge >= 0.3 is 0 Å². The van der Waals surface area contributed by atoms with Crippen LogP contribution in [0, 0.1) is 11.8 Å². The van der Waals surface area contributed by atoms with Gasteiger partial charge in [-0.15, -0.1) is 11.3 Å². The highest BCUT2D eigenvalue weighted by atomic mass is 32.1. The minimum Gasteiger partial charge on any atom is -0.493 e.